The van der Waals surface area contributed by atoms with Gasteiger partial charge in [-0.05, 0) is 67.1 Å². The van der Waals surface area contributed by atoms with Gasteiger partial charge in [0, 0.05) is 29.6 Å². The minimum Gasteiger partial charge on any atom is -0.392 e. The minimum absolute atomic E-state index is 0.0431. The molecule has 1 aromatic carbocycles. The molecule has 1 saturated heterocycles. The Labute approximate surface area is 255 Å². The quantitative estimate of drug-likeness (QED) is 0.250. The Morgan fingerprint density at radius 3 is 2.20 bits per heavy atom. The first-order valence-corrected chi connectivity index (χ1v) is 15.7. The average molecular weight is 627 g/mol. The fraction of sp³-hybridized carbons (Fsp3) is 0.706. The van der Waals surface area contributed by atoms with Gasteiger partial charge in [0.2, 0.25) is 0 Å². The summed E-state index contributed by atoms with van der Waals surface area (Å²) in [5.41, 5.74) is -3.12. The zero-order valence-electron chi connectivity index (χ0n) is 25.5. The molecule has 0 unspecified atom stereocenters. The molecule has 4 aliphatic carbocycles. The number of hydrogen-bond donors (Lipinski definition) is 3. The third-order valence-corrected chi connectivity index (χ3v) is 11.6. The second-order valence-electron chi connectivity index (χ2n) is 14.9. The van der Waals surface area contributed by atoms with Gasteiger partial charge in [0.15, 0.2) is 5.79 Å². The average Bonchev–Trinajstić information content (AvgIpc) is 3.24. The molecule has 6 atom stereocenters. The Bertz CT molecular complexity index is 1330. The number of alkyl halides is 5. The zero-order valence-corrected chi connectivity index (χ0v) is 25.5. The third kappa shape index (κ3) is 4.72. The van der Waals surface area contributed by atoms with Crippen molar-refractivity contribution in [3.63, 3.8) is 0 Å². The molecular formula is C34H43F5O5. The van der Waals surface area contributed by atoms with Crippen molar-refractivity contribution in [3.8, 4) is 0 Å². The second kappa shape index (κ2) is 10.3. The molecule has 244 valence electrons. The van der Waals surface area contributed by atoms with E-state index in [2.05, 4.69) is 13.8 Å². The van der Waals surface area contributed by atoms with Crippen molar-refractivity contribution in [3.05, 3.63) is 52.6 Å². The number of aliphatic hydroxyl groups excluding tert-OH is 1. The van der Waals surface area contributed by atoms with Gasteiger partial charge >= 0.3 is 12.1 Å². The van der Waals surface area contributed by atoms with Crippen LogP contribution in [0.1, 0.15) is 89.2 Å². The van der Waals surface area contributed by atoms with Crippen molar-refractivity contribution in [2.75, 3.05) is 19.8 Å². The van der Waals surface area contributed by atoms with Crippen molar-refractivity contribution >= 4 is 6.08 Å². The molecule has 1 spiro atoms. The molecule has 0 radical (unpaired) electrons. The Morgan fingerprint density at radius 1 is 0.932 bits per heavy atom. The summed E-state index contributed by atoms with van der Waals surface area (Å²) in [4.78, 5) is 0. The predicted octanol–water partition coefficient (Wildman–Crippen LogP) is 6.92. The van der Waals surface area contributed by atoms with E-state index in [0.717, 1.165) is 22.3 Å². The van der Waals surface area contributed by atoms with E-state index in [0.29, 0.717) is 38.9 Å². The van der Waals surface area contributed by atoms with Crippen molar-refractivity contribution in [1.82, 2.24) is 0 Å². The molecular weight excluding hydrogens is 583 g/mol. The zero-order chi connectivity index (χ0) is 32.0. The Balaban J connectivity index is 1.45. The van der Waals surface area contributed by atoms with E-state index in [1.54, 1.807) is 12.2 Å². The maximum Gasteiger partial charge on any atom is 0.456 e. The molecule has 0 aromatic heterocycles. The van der Waals surface area contributed by atoms with Crippen LogP contribution >= 0.6 is 0 Å². The van der Waals surface area contributed by atoms with Crippen LogP contribution in [0.2, 0.25) is 0 Å². The molecule has 3 N–H and O–H groups in total. The van der Waals surface area contributed by atoms with E-state index in [1.807, 2.05) is 24.3 Å². The summed E-state index contributed by atoms with van der Waals surface area (Å²) in [5.74, 6) is -7.75. The van der Waals surface area contributed by atoms with E-state index in [1.165, 1.54) is 6.92 Å². The topological polar surface area (TPSA) is 79.2 Å². The highest BCUT2D eigenvalue weighted by Crippen LogP contribution is 2.71. The van der Waals surface area contributed by atoms with Crippen molar-refractivity contribution in [2.45, 2.75) is 107 Å². The highest BCUT2D eigenvalue weighted by molar-refractivity contribution is 5.52. The Morgan fingerprint density at radius 2 is 1.59 bits per heavy atom. The van der Waals surface area contributed by atoms with Gasteiger partial charge in [0.25, 0.3) is 0 Å². The number of rotatable bonds is 4. The van der Waals surface area contributed by atoms with Crippen LogP contribution in [-0.2, 0) is 9.47 Å². The molecule has 3 saturated carbocycles. The van der Waals surface area contributed by atoms with Crippen LogP contribution in [0, 0.1) is 22.7 Å². The van der Waals surface area contributed by atoms with E-state index < -0.39 is 52.8 Å². The van der Waals surface area contributed by atoms with E-state index >= 15 is 8.78 Å². The first kappa shape index (κ1) is 32.1. The summed E-state index contributed by atoms with van der Waals surface area (Å²) in [6, 6.07) is 7.30. The molecule has 5 nitrogen and oxygen atoms in total. The van der Waals surface area contributed by atoms with Crippen LogP contribution in [0.25, 0.3) is 6.08 Å². The van der Waals surface area contributed by atoms with Gasteiger partial charge in [0.1, 0.15) is 5.60 Å². The van der Waals surface area contributed by atoms with Crippen molar-refractivity contribution < 1.29 is 46.7 Å². The van der Waals surface area contributed by atoms with Gasteiger partial charge in [-0.3, -0.25) is 0 Å². The molecule has 10 heteroatoms. The highest BCUT2D eigenvalue weighted by Gasteiger charge is 2.79. The number of halogens is 5. The second-order valence-corrected chi connectivity index (χ2v) is 14.9. The van der Waals surface area contributed by atoms with Crippen LogP contribution in [0.3, 0.4) is 0 Å². The van der Waals surface area contributed by atoms with Gasteiger partial charge in [0.05, 0.1) is 25.4 Å². The predicted molar refractivity (Wildman–Crippen MR) is 154 cm³/mol. The molecule has 6 rings (SSSR count). The van der Waals surface area contributed by atoms with Crippen LogP contribution in [0.15, 0.2) is 41.5 Å². The summed E-state index contributed by atoms with van der Waals surface area (Å²) in [7, 11) is 0. The molecule has 0 bridgehead atoms. The number of benzene rings is 1. The Hall–Kier alpha value is -1.85. The smallest absolute Gasteiger partial charge is 0.392 e. The lowest BCUT2D eigenvalue weighted by atomic mass is 9.49. The monoisotopic (exact) mass is 626 g/mol. The van der Waals surface area contributed by atoms with Crippen LogP contribution in [0.5, 0.6) is 0 Å². The first-order valence-electron chi connectivity index (χ1n) is 15.7. The van der Waals surface area contributed by atoms with Gasteiger partial charge < -0.3 is 24.8 Å². The number of aliphatic hydroxyl groups is 3. The molecule has 1 aliphatic heterocycles. The summed E-state index contributed by atoms with van der Waals surface area (Å²) in [5, 5.41) is 32.9. The third-order valence-electron chi connectivity index (χ3n) is 11.6. The van der Waals surface area contributed by atoms with Gasteiger partial charge in [-0.1, -0.05) is 62.8 Å². The van der Waals surface area contributed by atoms with Crippen LogP contribution in [-0.4, -0.2) is 64.2 Å². The van der Waals surface area contributed by atoms with Crippen molar-refractivity contribution in [2.24, 2.45) is 22.7 Å². The van der Waals surface area contributed by atoms with Crippen molar-refractivity contribution in [1.29, 1.82) is 0 Å². The molecule has 4 fully saturated rings. The normalized spacial score (nSPS) is 38.5. The summed E-state index contributed by atoms with van der Waals surface area (Å²) in [6.07, 6.45) is -1.38. The minimum atomic E-state index is -5.90. The molecule has 1 aromatic rings. The van der Waals surface area contributed by atoms with Gasteiger partial charge in [-0.25, -0.2) is 0 Å². The van der Waals surface area contributed by atoms with Crippen LogP contribution < -0.4 is 0 Å². The SMILES string of the molecule is CC1(C)COC2(CCC3=C4[C@@H](CC[C@@]3(O)C2)[C@@H]2CC[C@@](O)(C(F)(F)C(F)(F)F)[C@@]2(C)C[C@@H]4c2ccc(C=CCO)cc2)OC1. The van der Waals surface area contributed by atoms with Crippen LogP contribution in [0.4, 0.5) is 22.0 Å². The lowest BCUT2D eigenvalue weighted by Crippen LogP contribution is -2.65. The number of ether oxygens (including phenoxy) is 2. The number of allylic oxidation sites excluding steroid dienone is 1. The number of hydrogen-bond acceptors (Lipinski definition) is 5. The van der Waals surface area contributed by atoms with Gasteiger partial charge in [-0.15, -0.1) is 0 Å². The molecule has 1 heterocycles. The van der Waals surface area contributed by atoms with E-state index in [9.17, 15) is 23.4 Å². The Kier molecular flexibility index (Phi) is 7.53. The maximum atomic E-state index is 15.3. The first-order chi connectivity index (χ1) is 20.4. The summed E-state index contributed by atoms with van der Waals surface area (Å²) >= 11 is 0. The fourth-order valence-electron chi connectivity index (χ4n) is 9.34. The summed E-state index contributed by atoms with van der Waals surface area (Å²) in [6.45, 7) is 6.36. The molecule has 0 amide bonds. The maximum absolute atomic E-state index is 15.3. The summed E-state index contributed by atoms with van der Waals surface area (Å²) < 4.78 is 84.6. The lowest BCUT2D eigenvalue weighted by Gasteiger charge is -2.59. The van der Waals surface area contributed by atoms with Gasteiger partial charge in [-0.2, -0.15) is 22.0 Å². The highest BCUT2D eigenvalue weighted by atomic mass is 19.4. The standard InChI is InChI=1S/C34H43F5O5/c1-28(2)19-43-31(44-20-28)14-11-26-27-23(10-13-30(26,41)18-31)25-12-15-32(42,33(35,36)34(37,38)39)29(25,3)17-24(27)22-8-6-21(7-9-22)5-4-16-40/h4-9,23-25,40-42H,10-20H2,1-3H3/t23-,24+,25-,29-,30+,32-/m0/s1. The van der Waals surface area contributed by atoms with E-state index in [4.69, 9.17) is 14.6 Å². The fourth-order valence-corrected chi connectivity index (χ4v) is 9.34. The molecule has 5 aliphatic rings. The molecule has 44 heavy (non-hydrogen) atoms. The number of fused-ring (bicyclic) bond motifs is 4. The van der Waals surface area contributed by atoms with E-state index in [-0.39, 0.29) is 37.2 Å². The largest absolute Gasteiger partial charge is 0.456 e. The lowest BCUT2D eigenvalue weighted by molar-refractivity contribution is -0.362.